The smallest absolute Gasteiger partial charge is 0.0789 e. The van der Waals surface area contributed by atoms with Crippen molar-refractivity contribution in [2.45, 2.75) is 116 Å². The molecule has 0 saturated heterocycles. The van der Waals surface area contributed by atoms with Crippen molar-refractivity contribution >= 4 is 0 Å². The van der Waals surface area contributed by atoms with E-state index in [0.717, 1.165) is 13.2 Å². The first-order valence-corrected chi connectivity index (χ1v) is 11.6. The molecular formula is C23H50NO+. The van der Waals surface area contributed by atoms with Gasteiger partial charge in [-0.25, -0.2) is 0 Å². The van der Waals surface area contributed by atoms with E-state index in [1.165, 1.54) is 121 Å². The van der Waals surface area contributed by atoms with E-state index in [9.17, 15) is 0 Å². The van der Waals surface area contributed by atoms with Crippen LogP contribution in [0.2, 0.25) is 0 Å². The van der Waals surface area contributed by atoms with Crippen LogP contribution >= 0.6 is 0 Å². The van der Waals surface area contributed by atoms with Gasteiger partial charge in [-0.3, -0.25) is 0 Å². The molecule has 0 aromatic heterocycles. The van der Waals surface area contributed by atoms with Crippen molar-refractivity contribution in [2.24, 2.45) is 0 Å². The van der Waals surface area contributed by atoms with Gasteiger partial charge in [-0.1, -0.05) is 103 Å². The fourth-order valence-corrected chi connectivity index (χ4v) is 3.38. The van der Waals surface area contributed by atoms with Crippen molar-refractivity contribution in [1.82, 2.24) is 0 Å². The Kier molecular flexibility index (Phi) is 21.9. The zero-order valence-electron chi connectivity index (χ0n) is 18.1. The quantitative estimate of drug-likeness (QED) is 0.257. The molecule has 0 aromatic carbocycles. The Labute approximate surface area is 160 Å². The van der Waals surface area contributed by atoms with Crippen LogP contribution in [0.25, 0.3) is 0 Å². The summed E-state index contributed by atoms with van der Waals surface area (Å²) in [5.74, 6) is 0. The van der Waals surface area contributed by atoms with E-state index in [1.54, 1.807) is 0 Å². The minimum absolute atomic E-state index is 0.948. The molecule has 152 valence electrons. The molecule has 0 spiro atoms. The summed E-state index contributed by atoms with van der Waals surface area (Å²) in [4.78, 5) is 1.52. The summed E-state index contributed by atoms with van der Waals surface area (Å²) in [6.45, 7) is 5.44. The van der Waals surface area contributed by atoms with Gasteiger partial charge < -0.3 is 9.64 Å². The van der Waals surface area contributed by atoms with Crippen LogP contribution in [0.3, 0.4) is 0 Å². The maximum Gasteiger partial charge on any atom is 0.0789 e. The van der Waals surface area contributed by atoms with E-state index in [0.29, 0.717) is 0 Å². The van der Waals surface area contributed by atoms with Gasteiger partial charge in [0.05, 0.1) is 27.2 Å². The molecule has 1 N–H and O–H groups in total. The van der Waals surface area contributed by atoms with Crippen LogP contribution < -0.4 is 4.90 Å². The standard InChI is InChI=1S/C23H49NO/c1-4-5-6-7-8-9-10-11-12-13-14-15-16-17-18-19-22-25-23-20-21-24(2)3/h4-23H2,1-3H3/p+1. The van der Waals surface area contributed by atoms with Crippen molar-refractivity contribution in [2.75, 3.05) is 33.9 Å². The lowest BCUT2D eigenvalue weighted by Gasteiger charge is -2.07. The van der Waals surface area contributed by atoms with Gasteiger partial charge in [0.15, 0.2) is 0 Å². The van der Waals surface area contributed by atoms with Crippen LogP contribution in [0, 0.1) is 0 Å². The van der Waals surface area contributed by atoms with E-state index < -0.39 is 0 Å². The second kappa shape index (κ2) is 22.0. The van der Waals surface area contributed by atoms with Crippen LogP contribution in [0.15, 0.2) is 0 Å². The predicted molar refractivity (Wildman–Crippen MR) is 113 cm³/mol. The topological polar surface area (TPSA) is 13.7 Å². The Hall–Kier alpha value is -0.0800. The number of rotatable bonds is 21. The molecule has 0 aliphatic rings. The number of hydrogen-bond acceptors (Lipinski definition) is 1. The van der Waals surface area contributed by atoms with E-state index in [2.05, 4.69) is 21.0 Å². The molecule has 0 amide bonds. The van der Waals surface area contributed by atoms with Gasteiger partial charge in [-0.05, 0) is 6.42 Å². The molecule has 0 aromatic rings. The molecule has 0 aliphatic heterocycles. The zero-order valence-corrected chi connectivity index (χ0v) is 18.1. The average molecular weight is 357 g/mol. The maximum absolute atomic E-state index is 5.69. The second-order valence-corrected chi connectivity index (χ2v) is 8.23. The van der Waals surface area contributed by atoms with Gasteiger partial charge in [0.2, 0.25) is 0 Å². The second-order valence-electron chi connectivity index (χ2n) is 8.23. The molecule has 0 rings (SSSR count). The van der Waals surface area contributed by atoms with Crippen LogP contribution in [-0.2, 0) is 4.74 Å². The van der Waals surface area contributed by atoms with Crippen molar-refractivity contribution in [3.8, 4) is 0 Å². The highest BCUT2D eigenvalue weighted by molar-refractivity contribution is 4.50. The molecule has 0 aliphatic carbocycles. The summed E-state index contributed by atoms with van der Waals surface area (Å²) in [5, 5.41) is 0. The molecule has 2 nitrogen and oxygen atoms in total. The molecule has 2 heteroatoms. The number of unbranched alkanes of at least 4 members (excludes halogenated alkanes) is 15. The molecule has 0 atom stereocenters. The molecule has 0 fully saturated rings. The van der Waals surface area contributed by atoms with Gasteiger partial charge in [-0.2, -0.15) is 0 Å². The molecule has 0 bridgehead atoms. The number of nitrogens with one attached hydrogen (secondary N) is 1. The number of hydrogen-bond donors (Lipinski definition) is 1. The molecule has 0 saturated carbocycles. The first kappa shape index (κ1) is 24.9. The van der Waals surface area contributed by atoms with Gasteiger partial charge in [0.1, 0.15) is 0 Å². The lowest BCUT2D eigenvalue weighted by Crippen LogP contribution is -3.05. The van der Waals surface area contributed by atoms with E-state index in [1.807, 2.05) is 0 Å². The zero-order chi connectivity index (χ0) is 18.4. The summed E-state index contributed by atoms with van der Waals surface area (Å²) < 4.78 is 5.69. The minimum Gasteiger partial charge on any atom is -0.381 e. The maximum atomic E-state index is 5.69. The Bertz CT molecular complexity index is 230. The van der Waals surface area contributed by atoms with E-state index in [4.69, 9.17) is 4.74 Å². The first-order valence-electron chi connectivity index (χ1n) is 11.6. The lowest BCUT2D eigenvalue weighted by molar-refractivity contribution is -0.858. The Morgan fingerprint density at radius 3 is 1.24 bits per heavy atom. The minimum atomic E-state index is 0.948. The number of ether oxygens (including phenoxy) is 1. The molecule has 25 heavy (non-hydrogen) atoms. The normalized spacial score (nSPS) is 11.5. The van der Waals surface area contributed by atoms with Crippen LogP contribution in [-0.4, -0.2) is 33.9 Å². The van der Waals surface area contributed by atoms with Gasteiger partial charge in [0.25, 0.3) is 0 Å². The Balaban J connectivity index is 2.96. The largest absolute Gasteiger partial charge is 0.381 e. The van der Waals surface area contributed by atoms with Crippen molar-refractivity contribution in [1.29, 1.82) is 0 Å². The summed E-state index contributed by atoms with van der Waals surface area (Å²) in [6.07, 6.45) is 24.1. The van der Waals surface area contributed by atoms with Gasteiger partial charge in [-0.15, -0.1) is 0 Å². The fraction of sp³-hybridized carbons (Fsp3) is 1.00. The Morgan fingerprint density at radius 1 is 0.480 bits per heavy atom. The number of quaternary nitrogens is 1. The first-order chi connectivity index (χ1) is 12.3. The monoisotopic (exact) mass is 356 g/mol. The third kappa shape index (κ3) is 23.9. The molecular weight excluding hydrogens is 306 g/mol. The van der Waals surface area contributed by atoms with Crippen molar-refractivity contribution in [3.05, 3.63) is 0 Å². The van der Waals surface area contributed by atoms with Crippen molar-refractivity contribution < 1.29 is 9.64 Å². The fourth-order valence-electron chi connectivity index (χ4n) is 3.38. The van der Waals surface area contributed by atoms with E-state index in [-0.39, 0.29) is 0 Å². The Morgan fingerprint density at radius 2 is 0.840 bits per heavy atom. The van der Waals surface area contributed by atoms with Gasteiger partial charge >= 0.3 is 0 Å². The summed E-state index contributed by atoms with van der Waals surface area (Å²) in [5.41, 5.74) is 0. The lowest BCUT2D eigenvalue weighted by atomic mass is 10.0. The highest BCUT2D eigenvalue weighted by Crippen LogP contribution is 2.13. The molecule has 0 radical (unpaired) electrons. The van der Waals surface area contributed by atoms with Crippen LogP contribution in [0.4, 0.5) is 0 Å². The highest BCUT2D eigenvalue weighted by Gasteiger charge is 1.96. The summed E-state index contributed by atoms with van der Waals surface area (Å²) >= 11 is 0. The van der Waals surface area contributed by atoms with Crippen LogP contribution in [0.5, 0.6) is 0 Å². The average Bonchev–Trinajstić information content (AvgIpc) is 2.60. The summed E-state index contributed by atoms with van der Waals surface area (Å²) in [7, 11) is 4.41. The highest BCUT2D eigenvalue weighted by atomic mass is 16.5. The van der Waals surface area contributed by atoms with E-state index >= 15 is 0 Å². The SMILES string of the molecule is CCCCCCCCCCCCCCCCCCOCCC[NH+](C)C. The van der Waals surface area contributed by atoms with Crippen molar-refractivity contribution in [3.63, 3.8) is 0 Å². The van der Waals surface area contributed by atoms with Gasteiger partial charge in [0, 0.05) is 13.0 Å². The van der Waals surface area contributed by atoms with Crippen LogP contribution in [0.1, 0.15) is 116 Å². The third-order valence-electron chi connectivity index (χ3n) is 5.11. The molecule has 0 heterocycles. The predicted octanol–water partition coefficient (Wildman–Crippen LogP) is 5.80. The third-order valence-corrected chi connectivity index (χ3v) is 5.11. The molecule has 0 unspecified atom stereocenters. The summed E-state index contributed by atoms with van der Waals surface area (Å²) in [6, 6.07) is 0.